The Bertz CT molecular complexity index is 184. The van der Waals surface area contributed by atoms with Gasteiger partial charge in [0, 0.05) is 12.5 Å². The van der Waals surface area contributed by atoms with Crippen LogP contribution in [0.15, 0.2) is 22.8 Å². The van der Waals surface area contributed by atoms with Crippen LogP contribution in [0.5, 0.6) is 0 Å². The Morgan fingerprint density at radius 1 is 1.73 bits per heavy atom. The van der Waals surface area contributed by atoms with Crippen LogP contribution in [0, 0.1) is 0 Å². The summed E-state index contributed by atoms with van der Waals surface area (Å²) in [6.07, 6.45) is 3.40. The van der Waals surface area contributed by atoms with Crippen molar-refractivity contribution < 1.29 is 9.62 Å². The maximum absolute atomic E-state index is 8.48. The fourth-order valence-electron chi connectivity index (χ4n) is 0.878. The highest BCUT2D eigenvalue weighted by Gasteiger charge is 2.00. The van der Waals surface area contributed by atoms with Crippen LogP contribution in [0.2, 0.25) is 0 Å². The number of rotatable bonds is 4. The lowest BCUT2D eigenvalue weighted by atomic mass is 10.1. The average Bonchev–Trinajstić information content (AvgIpc) is 2.52. The van der Waals surface area contributed by atoms with Crippen LogP contribution in [-0.4, -0.2) is 11.2 Å². The highest BCUT2D eigenvalue weighted by molar-refractivity contribution is 4.98. The smallest absolute Gasteiger partial charge is 0.103 e. The van der Waals surface area contributed by atoms with Gasteiger partial charge >= 0.3 is 0 Å². The third-order valence-corrected chi connectivity index (χ3v) is 1.62. The molecule has 1 aromatic heterocycles. The van der Waals surface area contributed by atoms with Gasteiger partial charge in [0.2, 0.25) is 0 Å². The summed E-state index contributed by atoms with van der Waals surface area (Å²) >= 11 is 0. The van der Waals surface area contributed by atoms with Gasteiger partial charge in [-0.2, -0.15) is 0 Å². The molecule has 0 fully saturated rings. The van der Waals surface area contributed by atoms with Gasteiger partial charge in [-0.3, -0.25) is 0 Å². The van der Waals surface area contributed by atoms with Crippen LogP contribution in [0.1, 0.15) is 19.1 Å². The van der Waals surface area contributed by atoms with Gasteiger partial charge in [0.15, 0.2) is 0 Å². The Morgan fingerprint density at radius 3 is 3.09 bits per heavy atom. The number of nitrogens with one attached hydrogen (secondary N) is 1. The monoisotopic (exact) mass is 155 g/mol. The minimum absolute atomic E-state index is 0.125. The lowest BCUT2D eigenvalue weighted by Gasteiger charge is -2.05. The molecule has 0 spiro atoms. The second-order valence-electron chi connectivity index (χ2n) is 2.65. The van der Waals surface area contributed by atoms with Crippen molar-refractivity contribution in [1.29, 1.82) is 0 Å². The SMILES string of the molecule is CC(CCc1ccco1)NO. The molecule has 0 saturated carbocycles. The third kappa shape index (κ3) is 2.74. The maximum Gasteiger partial charge on any atom is 0.103 e. The zero-order valence-corrected chi connectivity index (χ0v) is 6.58. The average molecular weight is 155 g/mol. The summed E-state index contributed by atoms with van der Waals surface area (Å²) in [4.78, 5) is 0. The molecule has 1 atom stereocenters. The summed E-state index contributed by atoms with van der Waals surface area (Å²) in [5.41, 5.74) is 2.19. The van der Waals surface area contributed by atoms with Crippen molar-refractivity contribution in [3.63, 3.8) is 0 Å². The van der Waals surface area contributed by atoms with Gasteiger partial charge in [0.1, 0.15) is 5.76 Å². The first-order chi connectivity index (χ1) is 5.33. The van der Waals surface area contributed by atoms with E-state index in [9.17, 15) is 0 Å². The molecule has 11 heavy (non-hydrogen) atoms. The summed E-state index contributed by atoms with van der Waals surface area (Å²) in [6, 6.07) is 3.93. The van der Waals surface area contributed by atoms with Crippen molar-refractivity contribution >= 4 is 0 Å². The van der Waals surface area contributed by atoms with Crippen molar-refractivity contribution in [3.8, 4) is 0 Å². The van der Waals surface area contributed by atoms with Gasteiger partial charge in [-0.25, -0.2) is 5.48 Å². The molecule has 62 valence electrons. The molecule has 1 aromatic rings. The first kappa shape index (κ1) is 8.30. The van der Waals surface area contributed by atoms with Crippen LogP contribution in [-0.2, 0) is 6.42 Å². The van der Waals surface area contributed by atoms with E-state index in [0.717, 1.165) is 18.6 Å². The zero-order valence-electron chi connectivity index (χ0n) is 6.58. The highest BCUT2D eigenvalue weighted by Crippen LogP contribution is 2.04. The normalized spacial score (nSPS) is 13.3. The predicted molar refractivity (Wildman–Crippen MR) is 41.4 cm³/mol. The number of aryl methyl sites for hydroxylation is 1. The first-order valence-electron chi connectivity index (χ1n) is 3.75. The summed E-state index contributed by atoms with van der Waals surface area (Å²) in [6.45, 7) is 1.92. The van der Waals surface area contributed by atoms with Crippen LogP contribution in [0.4, 0.5) is 0 Å². The second-order valence-corrected chi connectivity index (χ2v) is 2.65. The van der Waals surface area contributed by atoms with Crippen molar-refractivity contribution in [2.75, 3.05) is 0 Å². The van der Waals surface area contributed by atoms with E-state index in [4.69, 9.17) is 9.62 Å². The van der Waals surface area contributed by atoms with E-state index in [0.29, 0.717) is 0 Å². The molecule has 0 aliphatic rings. The Hall–Kier alpha value is -0.800. The van der Waals surface area contributed by atoms with Crippen LogP contribution >= 0.6 is 0 Å². The fraction of sp³-hybridized carbons (Fsp3) is 0.500. The summed E-state index contributed by atoms with van der Waals surface area (Å²) in [5.74, 6) is 0.965. The Kier molecular flexibility index (Phi) is 3.14. The number of furan rings is 1. The molecule has 0 saturated heterocycles. The van der Waals surface area contributed by atoms with Gasteiger partial charge in [-0.05, 0) is 25.5 Å². The molecule has 1 heterocycles. The van der Waals surface area contributed by atoms with Gasteiger partial charge in [-0.1, -0.05) is 0 Å². The van der Waals surface area contributed by atoms with Crippen LogP contribution in [0.3, 0.4) is 0 Å². The van der Waals surface area contributed by atoms with E-state index < -0.39 is 0 Å². The van der Waals surface area contributed by atoms with Crippen molar-refractivity contribution in [3.05, 3.63) is 24.2 Å². The van der Waals surface area contributed by atoms with Gasteiger partial charge in [0.25, 0.3) is 0 Å². The van der Waals surface area contributed by atoms with E-state index in [2.05, 4.69) is 5.48 Å². The van der Waals surface area contributed by atoms with Gasteiger partial charge in [0.05, 0.1) is 6.26 Å². The topological polar surface area (TPSA) is 45.4 Å². The number of hydroxylamine groups is 1. The number of hydrogen-bond acceptors (Lipinski definition) is 3. The van der Waals surface area contributed by atoms with Crippen LogP contribution < -0.4 is 5.48 Å². The molecular weight excluding hydrogens is 142 g/mol. The molecule has 0 radical (unpaired) electrons. The molecule has 3 heteroatoms. The lowest BCUT2D eigenvalue weighted by Crippen LogP contribution is -2.22. The largest absolute Gasteiger partial charge is 0.469 e. The molecule has 0 aliphatic carbocycles. The van der Waals surface area contributed by atoms with E-state index in [1.165, 1.54) is 0 Å². The van der Waals surface area contributed by atoms with Gasteiger partial charge < -0.3 is 9.62 Å². The second kappa shape index (κ2) is 4.16. The lowest BCUT2D eigenvalue weighted by molar-refractivity contribution is 0.128. The van der Waals surface area contributed by atoms with Crippen molar-refractivity contribution in [2.45, 2.75) is 25.8 Å². The molecule has 0 aromatic carbocycles. The van der Waals surface area contributed by atoms with E-state index in [-0.39, 0.29) is 6.04 Å². The Labute approximate surface area is 66.0 Å². The molecular formula is C8H13NO2. The molecule has 0 bridgehead atoms. The van der Waals surface area contributed by atoms with E-state index >= 15 is 0 Å². The van der Waals surface area contributed by atoms with Crippen LogP contribution in [0.25, 0.3) is 0 Å². The van der Waals surface area contributed by atoms with E-state index in [1.807, 2.05) is 19.1 Å². The fourth-order valence-corrected chi connectivity index (χ4v) is 0.878. The molecule has 0 aliphatic heterocycles. The highest BCUT2D eigenvalue weighted by atomic mass is 16.5. The minimum atomic E-state index is 0.125. The number of hydrogen-bond donors (Lipinski definition) is 2. The third-order valence-electron chi connectivity index (χ3n) is 1.62. The molecule has 3 nitrogen and oxygen atoms in total. The molecule has 0 amide bonds. The first-order valence-corrected chi connectivity index (χ1v) is 3.75. The van der Waals surface area contributed by atoms with Gasteiger partial charge in [-0.15, -0.1) is 0 Å². The molecule has 1 rings (SSSR count). The summed E-state index contributed by atoms with van der Waals surface area (Å²) in [5, 5.41) is 8.48. The minimum Gasteiger partial charge on any atom is -0.469 e. The summed E-state index contributed by atoms with van der Waals surface area (Å²) < 4.78 is 5.12. The van der Waals surface area contributed by atoms with Crippen molar-refractivity contribution in [2.24, 2.45) is 0 Å². The molecule has 2 N–H and O–H groups in total. The maximum atomic E-state index is 8.48. The van der Waals surface area contributed by atoms with E-state index in [1.54, 1.807) is 6.26 Å². The predicted octanol–water partition coefficient (Wildman–Crippen LogP) is 1.58. The zero-order chi connectivity index (χ0) is 8.10. The molecule has 1 unspecified atom stereocenters. The van der Waals surface area contributed by atoms with Crippen molar-refractivity contribution in [1.82, 2.24) is 5.48 Å². The Morgan fingerprint density at radius 2 is 2.55 bits per heavy atom. The Balaban J connectivity index is 2.23. The quantitative estimate of drug-likeness (QED) is 0.649. The summed E-state index contributed by atoms with van der Waals surface area (Å²) in [7, 11) is 0. The standard InChI is InChI=1S/C8H13NO2/c1-7(9-10)4-5-8-3-2-6-11-8/h2-3,6-7,9-10H,4-5H2,1H3.